The SMILES string of the molecule is CCc1ccc(-c2csc(NC(=O)C[C@H](NC(C)=O)c3ccccc3)n2)cc1. The average Bonchev–Trinajstić information content (AvgIpc) is 3.16. The Balaban J connectivity index is 1.66. The van der Waals surface area contributed by atoms with Crippen LogP contribution >= 0.6 is 11.3 Å². The summed E-state index contributed by atoms with van der Waals surface area (Å²) in [6.07, 6.45) is 1.14. The van der Waals surface area contributed by atoms with Crippen LogP contribution in [-0.4, -0.2) is 16.8 Å². The number of benzene rings is 2. The summed E-state index contributed by atoms with van der Waals surface area (Å²) in [7, 11) is 0. The molecular weight excluding hydrogens is 370 g/mol. The minimum atomic E-state index is -0.375. The summed E-state index contributed by atoms with van der Waals surface area (Å²) in [4.78, 5) is 28.5. The maximum atomic E-state index is 12.5. The third-order valence-corrected chi connectivity index (χ3v) is 5.14. The number of aromatic nitrogens is 1. The molecule has 0 bridgehead atoms. The van der Waals surface area contributed by atoms with Gasteiger partial charge in [-0.05, 0) is 17.5 Å². The van der Waals surface area contributed by atoms with Gasteiger partial charge in [0.15, 0.2) is 5.13 Å². The number of nitrogens with one attached hydrogen (secondary N) is 2. The van der Waals surface area contributed by atoms with Crippen molar-refractivity contribution in [3.05, 3.63) is 71.1 Å². The molecule has 0 saturated carbocycles. The number of anilines is 1. The number of hydrogen-bond acceptors (Lipinski definition) is 4. The lowest BCUT2D eigenvalue weighted by Gasteiger charge is -2.17. The molecule has 28 heavy (non-hydrogen) atoms. The van der Waals surface area contributed by atoms with Gasteiger partial charge in [-0.3, -0.25) is 9.59 Å². The Kier molecular flexibility index (Phi) is 6.55. The second kappa shape index (κ2) is 9.28. The number of nitrogens with zero attached hydrogens (tertiary/aromatic N) is 1. The average molecular weight is 394 g/mol. The van der Waals surface area contributed by atoms with Crippen LogP contribution in [0.5, 0.6) is 0 Å². The third-order valence-electron chi connectivity index (χ3n) is 4.38. The molecule has 0 saturated heterocycles. The fourth-order valence-corrected chi connectivity index (χ4v) is 3.65. The molecule has 0 aliphatic rings. The summed E-state index contributed by atoms with van der Waals surface area (Å²) in [6.45, 7) is 3.57. The van der Waals surface area contributed by atoms with Crippen molar-refractivity contribution in [3.8, 4) is 11.3 Å². The fraction of sp³-hybridized carbons (Fsp3) is 0.227. The lowest BCUT2D eigenvalue weighted by atomic mass is 10.0. The maximum Gasteiger partial charge on any atom is 0.228 e. The lowest BCUT2D eigenvalue weighted by Crippen LogP contribution is -2.29. The van der Waals surface area contributed by atoms with Crippen molar-refractivity contribution in [3.63, 3.8) is 0 Å². The minimum Gasteiger partial charge on any atom is -0.349 e. The van der Waals surface area contributed by atoms with Gasteiger partial charge in [0.2, 0.25) is 11.8 Å². The molecule has 1 atom stereocenters. The number of carbonyl (C=O) groups is 2. The molecule has 2 amide bonds. The van der Waals surface area contributed by atoms with Crippen LogP contribution in [0.15, 0.2) is 60.0 Å². The molecule has 3 aromatic rings. The van der Waals surface area contributed by atoms with Gasteiger partial charge in [0, 0.05) is 17.9 Å². The highest BCUT2D eigenvalue weighted by molar-refractivity contribution is 7.14. The molecule has 5 nitrogen and oxygen atoms in total. The summed E-state index contributed by atoms with van der Waals surface area (Å²) in [6, 6.07) is 17.4. The number of rotatable bonds is 7. The predicted molar refractivity (Wildman–Crippen MR) is 113 cm³/mol. The molecule has 0 aliphatic carbocycles. The van der Waals surface area contributed by atoms with Crippen LogP contribution in [-0.2, 0) is 16.0 Å². The Morgan fingerprint density at radius 2 is 1.79 bits per heavy atom. The number of thiazole rings is 1. The topological polar surface area (TPSA) is 71.1 Å². The number of hydrogen-bond donors (Lipinski definition) is 2. The summed E-state index contributed by atoms with van der Waals surface area (Å²) in [5.41, 5.74) is 4.03. The zero-order valence-corrected chi connectivity index (χ0v) is 16.8. The molecule has 1 aromatic heterocycles. The summed E-state index contributed by atoms with van der Waals surface area (Å²) >= 11 is 1.39. The number of carbonyl (C=O) groups excluding carboxylic acids is 2. The first-order valence-electron chi connectivity index (χ1n) is 9.22. The van der Waals surface area contributed by atoms with Gasteiger partial charge in [-0.15, -0.1) is 11.3 Å². The van der Waals surface area contributed by atoms with Crippen LogP contribution in [0, 0.1) is 0 Å². The Hall–Kier alpha value is -2.99. The molecule has 0 fully saturated rings. The zero-order valence-electron chi connectivity index (χ0n) is 15.9. The summed E-state index contributed by atoms with van der Waals surface area (Å²) in [5, 5.41) is 8.16. The van der Waals surface area contributed by atoms with Crippen LogP contribution in [0.25, 0.3) is 11.3 Å². The van der Waals surface area contributed by atoms with Crippen LogP contribution in [0.3, 0.4) is 0 Å². The van der Waals surface area contributed by atoms with Gasteiger partial charge in [0.25, 0.3) is 0 Å². The summed E-state index contributed by atoms with van der Waals surface area (Å²) < 4.78 is 0. The van der Waals surface area contributed by atoms with E-state index < -0.39 is 0 Å². The normalized spacial score (nSPS) is 11.6. The van der Waals surface area contributed by atoms with Crippen molar-refractivity contribution in [1.82, 2.24) is 10.3 Å². The highest BCUT2D eigenvalue weighted by Crippen LogP contribution is 2.26. The van der Waals surface area contributed by atoms with Gasteiger partial charge in [0.1, 0.15) is 0 Å². The van der Waals surface area contributed by atoms with E-state index in [1.807, 2.05) is 47.8 Å². The largest absolute Gasteiger partial charge is 0.349 e. The first-order chi connectivity index (χ1) is 13.5. The number of amides is 2. The molecule has 2 N–H and O–H groups in total. The molecular formula is C22H23N3O2S. The second-order valence-corrected chi connectivity index (χ2v) is 7.36. The maximum absolute atomic E-state index is 12.5. The van der Waals surface area contributed by atoms with Crippen molar-refractivity contribution >= 4 is 28.3 Å². The van der Waals surface area contributed by atoms with Crippen molar-refractivity contribution in [2.75, 3.05) is 5.32 Å². The standard InChI is InChI=1S/C22H23N3O2S/c1-3-16-9-11-18(12-10-16)20-14-28-22(24-20)25-21(27)13-19(23-15(2)26)17-7-5-4-6-8-17/h4-12,14,19H,3,13H2,1-2H3,(H,23,26)(H,24,25,27)/t19-/m0/s1. The van der Waals surface area contributed by atoms with E-state index in [0.717, 1.165) is 23.2 Å². The first-order valence-corrected chi connectivity index (χ1v) is 10.1. The Morgan fingerprint density at radius 1 is 1.07 bits per heavy atom. The first kappa shape index (κ1) is 19.8. The molecule has 1 heterocycles. The van der Waals surface area contributed by atoms with E-state index in [1.54, 1.807) is 0 Å². The van der Waals surface area contributed by atoms with E-state index in [4.69, 9.17) is 0 Å². The number of aryl methyl sites for hydroxylation is 1. The Labute approximate surface area is 168 Å². The molecule has 144 valence electrons. The van der Waals surface area contributed by atoms with Crippen molar-refractivity contribution < 1.29 is 9.59 Å². The van der Waals surface area contributed by atoms with E-state index in [1.165, 1.54) is 23.8 Å². The molecule has 0 spiro atoms. The van der Waals surface area contributed by atoms with Gasteiger partial charge in [0.05, 0.1) is 18.2 Å². The van der Waals surface area contributed by atoms with Crippen LogP contribution in [0.4, 0.5) is 5.13 Å². The van der Waals surface area contributed by atoms with Crippen LogP contribution in [0.1, 0.15) is 37.4 Å². The highest BCUT2D eigenvalue weighted by Gasteiger charge is 2.18. The smallest absolute Gasteiger partial charge is 0.228 e. The molecule has 0 radical (unpaired) electrons. The quantitative estimate of drug-likeness (QED) is 0.617. The van der Waals surface area contributed by atoms with Gasteiger partial charge in [-0.25, -0.2) is 4.98 Å². The van der Waals surface area contributed by atoms with Gasteiger partial charge in [-0.1, -0.05) is 61.5 Å². The van der Waals surface area contributed by atoms with Gasteiger partial charge < -0.3 is 10.6 Å². The van der Waals surface area contributed by atoms with Crippen molar-refractivity contribution in [2.24, 2.45) is 0 Å². The van der Waals surface area contributed by atoms with E-state index >= 15 is 0 Å². The Morgan fingerprint density at radius 3 is 2.43 bits per heavy atom. The predicted octanol–water partition coefficient (Wildman–Crippen LogP) is 4.58. The minimum absolute atomic E-state index is 0.143. The van der Waals surface area contributed by atoms with E-state index in [-0.39, 0.29) is 24.3 Å². The monoisotopic (exact) mass is 393 g/mol. The molecule has 6 heteroatoms. The van der Waals surface area contributed by atoms with E-state index in [2.05, 4.69) is 34.7 Å². The van der Waals surface area contributed by atoms with Gasteiger partial charge >= 0.3 is 0 Å². The molecule has 0 unspecified atom stereocenters. The summed E-state index contributed by atoms with van der Waals surface area (Å²) in [5.74, 6) is -0.362. The highest BCUT2D eigenvalue weighted by atomic mass is 32.1. The van der Waals surface area contributed by atoms with Gasteiger partial charge in [-0.2, -0.15) is 0 Å². The lowest BCUT2D eigenvalue weighted by molar-refractivity contribution is -0.120. The fourth-order valence-electron chi connectivity index (χ4n) is 2.91. The van der Waals surface area contributed by atoms with Crippen LogP contribution < -0.4 is 10.6 Å². The molecule has 0 aliphatic heterocycles. The third kappa shape index (κ3) is 5.27. The van der Waals surface area contributed by atoms with Crippen molar-refractivity contribution in [2.45, 2.75) is 32.7 Å². The zero-order chi connectivity index (χ0) is 19.9. The Bertz CT molecular complexity index is 936. The molecule has 2 aromatic carbocycles. The van der Waals surface area contributed by atoms with E-state index in [0.29, 0.717) is 5.13 Å². The van der Waals surface area contributed by atoms with Crippen molar-refractivity contribution in [1.29, 1.82) is 0 Å². The second-order valence-electron chi connectivity index (χ2n) is 6.50. The van der Waals surface area contributed by atoms with E-state index in [9.17, 15) is 9.59 Å². The van der Waals surface area contributed by atoms with Crippen LogP contribution in [0.2, 0.25) is 0 Å². The molecule has 3 rings (SSSR count).